The van der Waals surface area contributed by atoms with E-state index in [1.807, 2.05) is 0 Å². The van der Waals surface area contributed by atoms with Crippen molar-refractivity contribution in [3.8, 4) is 0 Å². The maximum Gasteiger partial charge on any atom is -0.0215 e. The highest BCUT2D eigenvalue weighted by atomic mass is 31.0. The van der Waals surface area contributed by atoms with Crippen LogP contribution in [0.15, 0.2) is 12.1 Å². The molecule has 0 radical (unpaired) electrons. The van der Waals surface area contributed by atoms with Crippen molar-refractivity contribution in [1.29, 1.82) is 0 Å². The van der Waals surface area contributed by atoms with Crippen LogP contribution in [0.2, 0.25) is 0 Å². The van der Waals surface area contributed by atoms with Crippen molar-refractivity contribution in [2.45, 2.75) is 91.1 Å². The standard InChI is InChI=1S/C20H35P/c1-6-7-8-9-10-11-18-14-20(15(2)3)19(12-16(18)4)13-17(5)21/h12,14-15,17H,6-11,13,21H2,1-5H3. The van der Waals surface area contributed by atoms with Gasteiger partial charge in [0.25, 0.3) is 0 Å². The number of unbranched alkanes of at least 4 members (excludes halogenated alkanes) is 4. The van der Waals surface area contributed by atoms with Gasteiger partial charge in [-0.15, -0.1) is 9.24 Å². The highest BCUT2D eigenvalue weighted by molar-refractivity contribution is 7.17. The molecule has 0 heterocycles. The number of aryl methyl sites for hydroxylation is 2. The SMILES string of the molecule is CCCCCCCc1cc(C(C)C)c(CC(C)P)cc1C. The Labute approximate surface area is 135 Å². The van der Waals surface area contributed by atoms with Gasteiger partial charge in [-0.25, -0.2) is 0 Å². The van der Waals surface area contributed by atoms with Crippen molar-refractivity contribution < 1.29 is 0 Å². The molecule has 0 fully saturated rings. The second-order valence-corrected chi connectivity index (χ2v) is 8.12. The Balaban J connectivity index is 2.78. The summed E-state index contributed by atoms with van der Waals surface area (Å²) in [6.45, 7) is 11.5. The smallest absolute Gasteiger partial charge is 0.0215 e. The fourth-order valence-electron chi connectivity index (χ4n) is 3.08. The third-order valence-corrected chi connectivity index (χ3v) is 4.55. The number of benzene rings is 1. The summed E-state index contributed by atoms with van der Waals surface area (Å²) in [5.41, 5.74) is 6.85. The van der Waals surface area contributed by atoms with Crippen molar-refractivity contribution in [3.05, 3.63) is 34.4 Å². The first-order chi connectivity index (χ1) is 9.95. The summed E-state index contributed by atoms with van der Waals surface area (Å²) < 4.78 is 0. The summed E-state index contributed by atoms with van der Waals surface area (Å²) in [6.07, 6.45) is 9.28. The fraction of sp³-hybridized carbons (Fsp3) is 0.700. The van der Waals surface area contributed by atoms with Crippen molar-refractivity contribution >= 4 is 9.24 Å². The third kappa shape index (κ3) is 6.52. The van der Waals surface area contributed by atoms with E-state index in [0.29, 0.717) is 11.6 Å². The van der Waals surface area contributed by atoms with E-state index in [9.17, 15) is 0 Å². The van der Waals surface area contributed by atoms with Gasteiger partial charge < -0.3 is 0 Å². The lowest BCUT2D eigenvalue weighted by Crippen LogP contribution is -2.05. The van der Waals surface area contributed by atoms with Crippen LogP contribution in [0, 0.1) is 6.92 Å². The van der Waals surface area contributed by atoms with E-state index in [-0.39, 0.29) is 0 Å². The Kier molecular flexibility index (Phi) is 8.57. The fourth-order valence-corrected chi connectivity index (χ4v) is 3.34. The molecule has 0 saturated heterocycles. The largest absolute Gasteiger partial charge is 0.134 e. The molecule has 2 unspecified atom stereocenters. The van der Waals surface area contributed by atoms with Crippen molar-refractivity contribution in [1.82, 2.24) is 0 Å². The van der Waals surface area contributed by atoms with E-state index in [0.717, 1.165) is 0 Å². The Morgan fingerprint density at radius 2 is 1.62 bits per heavy atom. The molecule has 0 aliphatic rings. The molecular weight excluding hydrogens is 271 g/mol. The third-order valence-electron chi connectivity index (χ3n) is 4.31. The summed E-state index contributed by atoms with van der Waals surface area (Å²) in [5, 5.41) is 0. The molecule has 2 atom stereocenters. The summed E-state index contributed by atoms with van der Waals surface area (Å²) in [5.74, 6) is 0.628. The number of hydrogen-bond acceptors (Lipinski definition) is 0. The van der Waals surface area contributed by atoms with Gasteiger partial charge in [-0.05, 0) is 60.0 Å². The van der Waals surface area contributed by atoms with E-state index in [2.05, 4.69) is 56.0 Å². The molecule has 0 bridgehead atoms. The van der Waals surface area contributed by atoms with Gasteiger partial charge in [0.2, 0.25) is 0 Å². The molecule has 0 aromatic heterocycles. The molecule has 1 heteroatoms. The van der Waals surface area contributed by atoms with Crippen molar-refractivity contribution in [2.24, 2.45) is 0 Å². The normalized spacial score (nSPS) is 12.9. The highest BCUT2D eigenvalue weighted by Crippen LogP contribution is 2.27. The van der Waals surface area contributed by atoms with Crippen LogP contribution in [-0.2, 0) is 12.8 Å². The van der Waals surface area contributed by atoms with E-state index in [1.165, 1.54) is 50.5 Å². The maximum absolute atomic E-state index is 2.94. The van der Waals surface area contributed by atoms with Gasteiger partial charge in [-0.3, -0.25) is 0 Å². The van der Waals surface area contributed by atoms with Crippen LogP contribution in [0.5, 0.6) is 0 Å². The van der Waals surface area contributed by atoms with Crippen molar-refractivity contribution in [3.63, 3.8) is 0 Å². The lowest BCUT2D eigenvalue weighted by atomic mass is 9.88. The van der Waals surface area contributed by atoms with Crippen LogP contribution < -0.4 is 0 Å². The second-order valence-electron chi connectivity index (χ2n) is 6.98. The zero-order valence-corrected chi connectivity index (χ0v) is 16.0. The van der Waals surface area contributed by atoms with Crippen LogP contribution >= 0.6 is 9.24 Å². The van der Waals surface area contributed by atoms with Gasteiger partial charge in [-0.2, -0.15) is 0 Å². The molecule has 1 rings (SSSR count). The molecule has 1 aromatic carbocycles. The molecule has 0 spiro atoms. The summed E-state index contributed by atoms with van der Waals surface area (Å²) >= 11 is 0. The van der Waals surface area contributed by atoms with Crippen LogP contribution in [0.1, 0.15) is 88.0 Å². The quantitative estimate of drug-likeness (QED) is 0.364. The van der Waals surface area contributed by atoms with Crippen LogP contribution in [0.3, 0.4) is 0 Å². The lowest BCUT2D eigenvalue weighted by Gasteiger charge is -2.18. The van der Waals surface area contributed by atoms with E-state index < -0.39 is 0 Å². The molecule has 0 amide bonds. The number of hydrogen-bond donors (Lipinski definition) is 0. The lowest BCUT2D eigenvalue weighted by molar-refractivity contribution is 0.631. The van der Waals surface area contributed by atoms with Gasteiger partial charge >= 0.3 is 0 Å². The molecule has 0 N–H and O–H groups in total. The van der Waals surface area contributed by atoms with Crippen molar-refractivity contribution in [2.75, 3.05) is 0 Å². The minimum Gasteiger partial charge on any atom is -0.134 e. The monoisotopic (exact) mass is 306 g/mol. The molecule has 0 nitrogen and oxygen atoms in total. The van der Waals surface area contributed by atoms with Gasteiger partial charge in [0, 0.05) is 0 Å². The molecule has 0 aliphatic carbocycles. The zero-order chi connectivity index (χ0) is 15.8. The first-order valence-corrected chi connectivity index (χ1v) is 9.50. The molecule has 0 saturated carbocycles. The topological polar surface area (TPSA) is 0 Å². The highest BCUT2D eigenvalue weighted by Gasteiger charge is 2.11. The minimum absolute atomic E-state index is 0.628. The average molecular weight is 306 g/mol. The average Bonchev–Trinajstić information content (AvgIpc) is 2.39. The second kappa shape index (κ2) is 9.62. The zero-order valence-electron chi connectivity index (χ0n) is 14.8. The van der Waals surface area contributed by atoms with Crippen LogP contribution in [0.25, 0.3) is 0 Å². The predicted molar refractivity (Wildman–Crippen MR) is 101 cm³/mol. The summed E-state index contributed by atoms with van der Waals surface area (Å²) in [6, 6.07) is 4.96. The first-order valence-electron chi connectivity index (χ1n) is 8.83. The van der Waals surface area contributed by atoms with E-state index >= 15 is 0 Å². The molecular formula is C20H35P. The Morgan fingerprint density at radius 3 is 2.19 bits per heavy atom. The Hall–Kier alpha value is -0.350. The van der Waals surface area contributed by atoms with Gasteiger partial charge in [0.05, 0.1) is 0 Å². The van der Waals surface area contributed by atoms with Crippen LogP contribution in [0.4, 0.5) is 0 Å². The van der Waals surface area contributed by atoms with Crippen LogP contribution in [-0.4, -0.2) is 5.66 Å². The van der Waals surface area contributed by atoms with Gasteiger partial charge in [0.15, 0.2) is 0 Å². The van der Waals surface area contributed by atoms with Gasteiger partial charge in [-0.1, -0.05) is 65.5 Å². The summed E-state index contributed by atoms with van der Waals surface area (Å²) in [4.78, 5) is 0. The maximum atomic E-state index is 2.94. The molecule has 120 valence electrons. The molecule has 21 heavy (non-hydrogen) atoms. The minimum atomic E-state index is 0.628. The molecule has 1 aromatic rings. The van der Waals surface area contributed by atoms with E-state index in [4.69, 9.17) is 0 Å². The van der Waals surface area contributed by atoms with E-state index in [1.54, 1.807) is 16.7 Å². The predicted octanol–water partition coefficient (Wildman–Crippen LogP) is 6.44. The number of rotatable bonds is 9. The Morgan fingerprint density at radius 1 is 0.952 bits per heavy atom. The first kappa shape index (κ1) is 18.7. The Bertz CT molecular complexity index is 418. The van der Waals surface area contributed by atoms with Gasteiger partial charge in [0.1, 0.15) is 0 Å². The molecule has 0 aliphatic heterocycles. The summed E-state index contributed by atoms with van der Waals surface area (Å²) in [7, 11) is 2.94.